The Morgan fingerprint density at radius 2 is 1.83 bits per heavy atom. The van der Waals surface area contributed by atoms with Gasteiger partial charge >= 0.3 is 5.69 Å². The van der Waals surface area contributed by atoms with Gasteiger partial charge in [0.1, 0.15) is 23.8 Å². The van der Waals surface area contributed by atoms with Gasteiger partial charge < -0.3 is 24.7 Å². The second-order valence-corrected chi connectivity index (χ2v) is 23.1. The lowest BCUT2D eigenvalue weighted by Crippen LogP contribution is -2.54. The van der Waals surface area contributed by atoms with Crippen molar-refractivity contribution in [1.29, 1.82) is 4.78 Å². The number of anilines is 2. The van der Waals surface area contributed by atoms with E-state index in [0.717, 1.165) is 49.6 Å². The van der Waals surface area contributed by atoms with E-state index in [1.54, 1.807) is 24.4 Å². The van der Waals surface area contributed by atoms with Crippen molar-refractivity contribution in [3.8, 4) is 17.4 Å². The van der Waals surface area contributed by atoms with Crippen LogP contribution in [0.2, 0.25) is 0 Å². The summed E-state index contributed by atoms with van der Waals surface area (Å²) in [7, 11) is -7.44. The van der Waals surface area contributed by atoms with Gasteiger partial charge in [0.15, 0.2) is 10.7 Å². The number of hydrogen-bond donors (Lipinski definition) is 4. The molecule has 2 atom stereocenters. The number of likely N-dealkylation sites (tertiary alicyclic amines) is 1. The average molecular weight is 938 g/mol. The smallest absolute Gasteiger partial charge is 0.300 e. The first kappa shape index (κ1) is 44.1. The van der Waals surface area contributed by atoms with Crippen LogP contribution in [0.25, 0.3) is 11.0 Å². The molecule has 4 aliphatic heterocycles. The van der Waals surface area contributed by atoms with Crippen LogP contribution in [0.15, 0.2) is 78.1 Å². The summed E-state index contributed by atoms with van der Waals surface area (Å²) in [4.78, 5) is 42.3. The van der Waals surface area contributed by atoms with Gasteiger partial charge in [0.25, 0.3) is 15.9 Å². The van der Waals surface area contributed by atoms with Crippen molar-refractivity contribution in [3.05, 3.63) is 99.9 Å². The van der Waals surface area contributed by atoms with E-state index < -0.39 is 47.3 Å². The molecular formula is C47H55N9O8S2. The number of amides is 1. The summed E-state index contributed by atoms with van der Waals surface area (Å²) in [5, 5.41) is 15.4. The second kappa shape index (κ2) is 17.1. The molecule has 1 saturated carbocycles. The maximum atomic E-state index is 14.1. The van der Waals surface area contributed by atoms with Crippen LogP contribution in [0.1, 0.15) is 98.7 Å². The highest BCUT2D eigenvalue weighted by atomic mass is 32.2. The number of rotatable bonds is 11. The number of nitrogens with zero attached hydrogens (tertiary/aromatic N) is 5. The third-order valence-electron chi connectivity index (χ3n) is 14.7. The molecule has 348 valence electrons. The Labute approximate surface area is 384 Å². The first-order chi connectivity index (χ1) is 31.6. The Morgan fingerprint density at radius 1 is 1.06 bits per heavy atom. The number of aromatic nitrogens is 3. The molecule has 66 heavy (non-hydrogen) atoms. The Balaban J connectivity index is 0.857. The molecule has 1 aliphatic carbocycles. The van der Waals surface area contributed by atoms with E-state index in [-0.39, 0.29) is 52.3 Å². The molecule has 2 aromatic carbocycles. The molecular weight excluding hydrogens is 883 g/mol. The van der Waals surface area contributed by atoms with Crippen molar-refractivity contribution < 1.29 is 31.8 Å². The molecule has 10 rings (SSSR count). The quantitative estimate of drug-likeness (QED) is 0.0726. The van der Waals surface area contributed by atoms with Gasteiger partial charge in [-0.15, -0.1) is 0 Å². The predicted molar refractivity (Wildman–Crippen MR) is 250 cm³/mol. The third kappa shape index (κ3) is 8.56. The molecule has 7 heterocycles. The van der Waals surface area contributed by atoms with Gasteiger partial charge in [-0.2, -0.15) is 13.4 Å². The number of nitro groups is 1. The number of pyridine rings is 2. The SMILES string of the molecule is CC(C)c1ccccc1[C@@H]1CCCN1C1CC2(CCN(c3ccc(C(=O)NS(=O)(=O)c4cc([N+](=O)[O-])c5c(n4)OC[C@H](C4CCS(=N)(=O)CC4)N5)c(Oc4cnc5[nH]ccc5c4)c3)CC2)C1. The summed E-state index contributed by atoms with van der Waals surface area (Å²) in [6.07, 6.45) is 11.1. The first-order valence-electron chi connectivity index (χ1n) is 22.9. The highest BCUT2D eigenvalue weighted by Crippen LogP contribution is 2.54. The van der Waals surface area contributed by atoms with E-state index >= 15 is 0 Å². The molecule has 1 spiro atoms. The molecule has 5 aromatic rings. The molecule has 19 heteroatoms. The number of H-pyrrole nitrogens is 1. The van der Waals surface area contributed by atoms with Crippen molar-refractivity contribution in [2.75, 3.05) is 48.0 Å². The number of ether oxygens (including phenoxy) is 2. The molecule has 17 nitrogen and oxygen atoms in total. The molecule has 4 fully saturated rings. The fourth-order valence-electron chi connectivity index (χ4n) is 11.0. The van der Waals surface area contributed by atoms with Crippen molar-refractivity contribution in [1.82, 2.24) is 24.6 Å². The normalized spacial score (nSPS) is 24.3. The minimum atomic E-state index is -4.79. The molecule has 5 aliphatic rings. The van der Waals surface area contributed by atoms with Crippen molar-refractivity contribution in [2.24, 2.45) is 11.3 Å². The zero-order valence-electron chi connectivity index (χ0n) is 37.0. The summed E-state index contributed by atoms with van der Waals surface area (Å²) in [6.45, 7) is 7.36. The molecule has 0 bridgehead atoms. The zero-order valence-corrected chi connectivity index (χ0v) is 38.7. The van der Waals surface area contributed by atoms with Gasteiger partial charge in [0.05, 0.1) is 28.8 Å². The van der Waals surface area contributed by atoms with Gasteiger partial charge in [-0.1, -0.05) is 38.1 Å². The van der Waals surface area contributed by atoms with E-state index in [0.29, 0.717) is 42.2 Å². The highest BCUT2D eigenvalue weighted by molar-refractivity contribution is 7.92. The summed E-state index contributed by atoms with van der Waals surface area (Å²) >= 11 is 0. The van der Waals surface area contributed by atoms with Crippen molar-refractivity contribution in [2.45, 2.75) is 94.3 Å². The third-order valence-corrected chi connectivity index (χ3v) is 17.7. The Kier molecular flexibility index (Phi) is 11.4. The number of hydrogen-bond acceptors (Lipinski definition) is 14. The Morgan fingerprint density at radius 3 is 2.59 bits per heavy atom. The number of piperidine rings is 1. The summed E-state index contributed by atoms with van der Waals surface area (Å²) in [6, 6.07) is 19.1. The molecule has 0 unspecified atom stereocenters. The number of sulfonamides is 1. The minimum Gasteiger partial charge on any atom is -0.474 e. The lowest BCUT2D eigenvalue weighted by molar-refractivity contribution is -0.384. The Bertz CT molecular complexity index is 2910. The highest BCUT2D eigenvalue weighted by Gasteiger charge is 2.50. The fourth-order valence-corrected chi connectivity index (χ4v) is 13.5. The van der Waals surface area contributed by atoms with E-state index in [4.69, 9.17) is 14.3 Å². The number of fused-ring (bicyclic) bond motifs is 2. The van der Waals surface area contributed by atoms with Crippen LogP contribution in [0.5, 0.6) is 17.4 Å². The number of carbonyl (C=O) groups excluding carboxylic acids is 1. The van der Waals surface area contributed by atoms with Crippen LogP contribution in [0, 0.1) is 26.2 Å². The summed E-state index contributed by atoms with van der Waals surface area (Å²) in [5.74, 6) is 0.00555. The topological polar surface area (TPSA) is 226 Å². The van der Waals surface area contributed by atoms with E-state index in [9.17, 15) is 27.5 Å². The second-order valence-electron chi connectivity index (χ2n) is 19.1. The molecule has 4 N–H and O–H groups in total. The van der Waals surface area contributed by atoms with E-state index in [1.807, 2.05) is 6.07 Å². The predicted octanol–water partition coefficient (Wildman–Crippen LogP) is 8.12. The Hall–Kier alpha value is -5.79. The fraction of sp³-hybridized carbons (Fsp3) is 0.468. The number of carbonyl (C=O) groups is 1. The first-order valence-corrected chi connectivity index (χ1v) is 26.3. The van der Waals surface area contributed by atoms with E-state index in [2.05, 4.69) is 72.9 Å². The van der Waals surface area contributed by atoms with E-state index in [1.165, 1.54) is 49.1 Å². The van der Waals surface area contributed by atoms with Gasteiger partial charge in [-0.25, -0.2) is 13.9 Å². The number of benzene rings is 2. The molecule has 0 radical (unpaired) electrons. The average Bonchev–Trinajstić information content (AvgIpc) is 3.98. The van der Waals surface area contributed by atoms with Crippen LogP contribution in [-0.2, 0) is 19.8 Å². The van der Waals surface area contributed by atoms with Crippen LogP contribution >= 0.6 is 0 Å². The van der Waals surface area contributed by atoms with Gasteiger partial charge in [-0.05, 0) is 111 Å². The summed E-state index contributed by atoms with van der Waals surface area (Å²) in [5.41, 5.74) is 3.94. The minimum absolute atomic E-state index is 0.0267. The number of nitrogens with one attached hydrogen (secondary N) is 4. The lowest BCUT2D eigenvalue weighted by Gasteiger charge is -2.56. The molecule has 3 aromatic heterocycles. The zero-order chi connectivity index (χ0) is 46.0. The van der Waals surface area contributed by atoms with Gasteiger partial charge in [-0.3, -0.25) is 24.6 Å². The lowest BCUT2D eigenvalue weighted by atomic mass is 9.59. The van der Waals surface area contributed by atoms with Crippen LogP contribution in [0.4, 0.5) is 17.1 Å². The molecule has 3 saturated heterocycles. The van der Waals surface area contributed by atoms with Crippen molar-refractivity contribution in [3.63, 3.8) is 0 Å². The standard InChI is InChI=1S/C47H55N9O8S2/c1-29(2)35-6-3-4-7-36(35)39-8-5-17-55(39)33-25-47(26-33)14-18-54(19-15-47)32-9-10-37(41(23-32)64-34-22-31-11-16-49-44(31)50-27-34)45(57)53-66(61,62)42-24-40(56(58)59)43-46(52-42)63-28-38(51-43)30-12-20-65(48,60)21-13-30/h3-4,6-7,9-11,16,22-24,27,29-30,33,38-39,48,51H,5,8,12-15,17-21,25-26,28H2,1-2H3,(H,49,50)(H,53,57)/t30?,38-,39+,65?/m1/s1. The van der Waals surface area contributed by atoms with Crippen LogP contribution in [-0.4, -0.2) is 93.1 Å². The monoisotopic (exact) mass is 937 g/mol. The maximum absolute atomic E-state index is 14.1. The number of aromatic amines is 1. The van der Waals surface area contributed by atoms with Gasteiger partial charge in [0.2, 0.25) is 5.88 Å². The van der Waals surface area contributed by atoms with Crippen LogP contribution in [0.3, 0.4) is 0 Å². The summed E-state index contributed by atoms with van der Waals surface area (Å²) < 4.78 is 62.1. The largest absolute Gasteiger partial charge is 0.474 e. The van der Waals surface area contributed by atoms with Crippen LogP contribution < -0.4 is 24.4 Å². The maximum Gasteiger partial charge on any atom is 0.300 e. The molecule has 1 amide bonds. The van der Waals surface area contributed by atoms with Gasteiger partial charge in [0, 0.05) is 69.7 Å². The van der Waals surface area contributed by atoms with Crippen molar-refractivity contribution >= 4 is 53.8 Å².